The fraction of sp³-hybridized carbons (Fsp3) is 0.407. The Morgan fingerprint density at radius 2 is 1.85 bits per heavy atom. The molecule has 1 aliphatic heterocycles. The SMILES string of the molecule is COc1cccc(-c2ccccc2NC(=O)C2CCN(CCCn3nc(C)cc3C)CC2)c1. The monoisotopic (exact) mass is 446 g/mol. The van der Waals surface area contributed by atoms with Crippen LogP contribution < -0.4 is 10.1 Å². The van der Waals surface area contributed by atoms with Crippen LogP contribution in [0.4, 0.5) is 5.69 Å². The summed E-state index contributed by atoms with van der Waals surface area (Å²) in [6.07, 6.45) is 2.87. The average Bonchev–Trinajstić information content (AvgIpc) is 3.16. The predicted octanol–water partition coefficient (Wildman–Crippen LogP) is 4.92. The fourth-order valence-electron chi connectivity index (χ4n) is 4.63. The zero-order valence-electron chi connectivity index (χ0n) is 19.9. The van der Waals surface area contributed by atoms with Crippen LogP contribution in [0, 0.1) is 19.8 Å². The number of methoxy groups -OCH3 is 1. The number of carbonyl (C=O) groups is 1. The fourth-order valence-corrected chi connectivity index (χ4v) is 4.63. The molecule has 174 valence electrons. The van der Waals surface area contributed by atoms with Crippen molar-refractivity contribution in [3.63, 3.8) is 0 Å². The van der Waals surface area contributed by atoms with Crippen molar-refractivity contribution in [2.24, 2.45) is 5.92 Å². The molecule has 0 radical (unpaired) electrons. The largest absolute Gasteiger partial charge is 0.497 e. The normalized spacial score (nSPS) is 14.9. The van der Waals surface area contributed by atoms with E-state index in [2.05, 4.69) is 33.0 Å². The highest BCUT2D eigenvalue weighted by Crippen LogP contribution is 2.31. The Morgan fingerprint density at radius 3 is 2.58 bits per heavy atom. The third-order valence-corrected chi connectivity index (χ3v) is 6.47. The number of aromatic nitrogens is 2. The Balaban J connectivity index is 1.29. The van der Waals surface area contributed by atoms with Crippen LogP contribution in [0.1, 0.15) is 30.7 Å². The van der Waals surface area contributed by atoms with Crippen LogP contribution in [0.5, 0.6) is 5.75 Å². The van der Waals surface area contributed by atoms with Gasteiger partial charge in [-0.1, -0.05) is 30.3 Å². The number of hydrogen-bond acceptors (Lipinski definition) is 4. The number of nitrogens with one attached hydrogen (secondary N) is 1. The summed E-state index contributed by atoms with van der Waals surface area (Å²) >= 11 is 0. The summed E-state index contributed by atoms with van der Waals surface area (Å²) in [6.45, 7) is 8.07. The van der Waals surface area contributed by atoms with Crippen molar-refractivity contribution in [2.75, 3.05) is 32.1 Å². The molecule has 1 aliphatic rings. The number of aryl methyl sites for hydroxylation is 3. The number of benzene rings is 2. The summed E-state index contributed by atoms with van der Waals surface area (Å²) in [7, 11) is 1.67. The lowest BCUT2D eigenvalue weighted by molar-refractivity contribution is -0.121. The number of para-hydroxylation sites is 1. The highest BCUT2D eigenvalue weighted by molar-refractivity contribution is 5.96. The number of amides is 1. The number of carbonyl (C=O) groups excluding carboxylic acids is 1. The van der Waals surface area contributed by atoms with Gasteiger partial charge in [-0.15, -0.1) is 0 Å². The molecule has 33 heavy (non-hydrogen) atoms. The first kappa shape index (κ1) is 23.1. The standard InChI is InChI=1S/C27H34N4O2/c1-20-18-21(2)31(29-20)15-7-14-30-16-12-22(13-17-30)27(32)28-26-11-5-4-10-25(26)23-8-6-9-24(19-23)33-3/h4-6,8-11,18-19,22H,7,12-17H2,1-3H3,(H,28,32). The van der Waals surface area contributed by atoms with Crippen LogP contribution in [0.3, 0.4) is 0 Å². The van der Waals surface area contributed by atoms with Crippen LogP contribution in [0.15, 0.2) is 54.6 Å². The molecule has 0 atom stereocenters. The minimum Gasteiger partial charge on any atom is -0.497 e. The molecular formula is C27H34N4O2. The zero-order chi connectivity index (χ0) is 23.2. The second-order valence-corrected chi connectivity index (χ2v) is 8.89. The number of piperidine rings is 1. The highest BCUT2D eigenvalue weighted by Gasteiger charge is 2.25. The molecule has 1 aromatic heterocycles. The first-order chi connectivity index (χ1) is 16.0. The van der Waals surface area contributed by atoms with Crippen LogP contribution >= 0.6 is 0 Å². The average molecular weight is 447 g/mol. The first-order valence-electron chi connectivity index (χ1n) is 11.8. The van der Waals surface area contributed by atoms with E-state index in [-0.39, 0.29) is 11.8 Å². The number of nitrogens with zero attached hydrogens (tertiary/aromatic N) is 3. The molecule has 0 saturated carbocycles. The Kier molecular flexibility index (Phi) is 7.45. The molecule has 0 aliphatic carbocycles. The van der Waals surface area contributed by atoms with Gasteiger partial charge in [0.25, 0.3) is 0 Å². The van der Waals surface area contributed by atoms with Gasteiger partial charge in [-0.05, 0) is 82.6 Å². The number of ether oxygens (including phenoxy) is 1. The molecule has 6 heteroatoms. The lowest BCUT2D eigenvalue weighted by Gasteiger charge is -2.31. The van der Waals surface area contributed by atoms with Gasteiger partial charge in [0, 0.05) is 29.4 Å². The number of rotatable bonds is 8. The van der Waals surface area contributed by atoms with Crippen molar-refractivity contribution >= 4 is 11.6 Å². The van der Waals surface area contributed by atoms with Crippen LogP contribution in [0.2, 0.25) is 0 Å². The molecule has 0 unspecified atom stereocenters. The van der Waals surface area contributed by atoms with Gasteiger partial charge in [-0.3, -0.25) is 9.48 Å². The van der Waals surface area contributed by atoms with Crippen molar-refractivity contribution in [3.8, 4) is 16.9 Å². The summed E-state index contributed by atoms with van der Waals surface area (Å²) in [5, 5.41) is 7.74. The smallest absolute Gasteiger partial charge is 0.227 e. The molecule has 2 aromatic carbocycles. The number of anilines is 1. The topological polar surface area (TPSA) is 59.4 Å². The van der Waals surface area contributed by atoms with Crippen molar-refractivity contribution in [1.82, 2.24) is 14.7 Å². The third kappa shape index (κ3) is 5.82. The molecular weight excluding hydrogens is 412 g/mol. The maximum atomic E-state index is 13.1. The second-order valence-electron chi connectivity index (χ2n) is 8.89. The summed E-state index contributed by atoms with van der Waals surface area (Å²) in [5.74, 6) is 0.974. The highest BCUT2D eigenvalue weighted by atomic mass is 16.5. The molecule has 3 aromatic rings. The molecule has 1 fully saturated rings. The molecule has 1 N–H and O–H groups in total. The molecule has 1 saturated heterocycles. The molecule has 0 spiro atoms. The van der Waals surface area contributed by atoms with E-state index in [1.165, 1.54) is 5.69 Å². The van der Waals surface area contributed by atoms with Gasteiger partial charge in [-0.2, -0.15) is 5.10 Å². The van der Waals surface area contributed by atoms with Crippen molar-refractivity contribution in [3.05, 3.63) is 66.0 Å². The van der Waals surface area contributed by atoms with Gasteiger partial charge < -0.3 is 15.0 Å². The lowest BCUT2D eigenvalue weighted by Crippen LogP contribution is -2.38. The van der Waals surface area contributed by atoms with Crippen molar-refractivity contribution in [1.29, 1.82) is 0 Å². The van der Waals surface area contributed by atoms with E-state index in [1.54, 1.807) is 7.11 Å². The minimum atomic E-state index is 0.0515. The summed E-state index contributed by atoms with van der Waals surface area (Å²) < 4.78 is 7.46. The number of likely N-dealkylation sites (tertiary alicyclic amines) is 1. The molecule has 0 bridgehead atoms. The Morgan fingerprint density at radius 1 is 1.06 bits per heavy atom. The number of hydrogen-bond donors (Lipinski definition) is 1. The van der Waals surface area contributed by atoms with E-state index in [0.717, 1.165) is 73.7 Å². The Labute approximate surface area is 196 Å². The first-order valence-corrected chi connectivity index (χ1v) is 11.8. The molecule has 2 heterocycles. The summed E-state index contributed by atoms with van der Waals surface area (Å²) in [6, 6.07) is 18.0. The maximum Gasteiger partial charge on any atom is 0.227 e. The molecule has 6 nitrogen and oxygen atoms in total. The van der Waals surface area contributed by atoms with Crippen molar-refractivity contribution in [2.45, 2.75) is 39.7 Å². The van der Waals surface area contributed by atoms with E-state index in [4.69, 9.17) is 4.74 Å². The van der Waals surface area contributed by atoms with Crippen LogP contribution in [0.25, 0.3) is 11.1 Å². The lowest BCUT2D eigenvalue weighted by atomic mass is 9.95. The summed E-state index contributed by atoms with van der Waals surface area (Å²) in [4.78, 5) is 15.5. The van der Waals surface area contributed by atoms with Gasteiger partial charge >= 0.3 is 0 Å². The second kappa shape index (κ2) is 10.7. The zero-order valence-corrected chi connectivity index (χ0v) is 19.9. The van der Waals surface area contributed by atoms with E-state index < -0.39 is 0 Å². The minimum absolute atomic E-state index is 0.0515. The Hall–Kier alpha value is -3.12. The van der Waals surface area contributed by atoms with Crippen LogP contribution in [-0.4, -0.2) is 47.3 Å². The van der Waals surface area contributed by atoms with Gasteiger partial charge in [0.2, 0.25) is 5.91 Å². The van der Waals surface area contributed by atoms with E-state index in [1.807, 2.05) is 55.5 Å². The molecule has 1 amide bonds. The van der Waals surface area contributed by atoms with Gasteiger partial charge in [0.1, 0.15) is 5.75 Å². The Bertz CT molecular complexity index is 1080. The van der Waals surface area contributed by atoms with Crippen LogP contribution in [-0.2, 0) is 11.3 Å². The van der Waals surface area contributed by atoms with Gasteiger partial charge in [0.05, 0.1) is 12.8 Å². The van der Waals surface area contributed by atoms with Gasteiger partial charge in [0.15, 0.2) is 0 Å². The quantitative estimate of drug-likeness (QED) is 0.534. The predicted molar refractivity (Wildman–Crippen MR) is 133 cm³/mol. The van der Waals surface area contributed by atoms with E-state index in [0.29, 0.717) is 0 Å². The van der Waals surface area contributed by atoms with Gasteiger partial charge in [-0.25, -0.2) is 0 Å². The van der Waals surface area contributed by atoms with E-state index >= 15 is 0 Å². The summed E-state index contributed by atoms with van der Waals surface area (Å²) in [5.41, 5.74) is 5.18. The maximum absolute atomic E-state index is 13.1. The molecule has 4 rings (SSSR count). The third-order valence-electron chi connectivity index (χ3n) is 6.47. The van der Waals surface area contributed by atoms with Crippen molar-refractivity contribution < 1.29 is 9.53 Å². The van der Waals surface area contributed by atoms with E-state index in [9.17, 15) is 4.79 Å².